The second kappa shape index (κ2) is 8.34. The van der Waals surface area contributed by atoms with Gasteiger partial charge in [-0.2, -0.15) is 0 Å². The summed E-state index contributed by atoms with van der Waals surface area (Å²) in [5, 5.41) is 1.08. The fourth-order valence-electron chi connectivity index (χ4n) is 4.14. The van der Waals surface area contributed by atoms with Gasteiger partial charge in [-0.1, -0.05) is 12.1 Å². The molecule has 2 aromatic carbocycles. The van der Waals surface area contributed by atoms with Gasteiger partial charge < -0.3 is 19.1 Å². The molecule has 32 heavy (non-hydrogen) atoms. The van der Waals surface area contributed by atoms with E-state index in [0.717, 1.165) is 50.6 Å². The Bertz CT molecular complexity index is 1280. The van der Waals surface area contributed by atoms with Crippen molar-refractivity contribution in [2.75, 3.05) is 32.3 Å². The van der Waals surface area contributed by atoms with Crippen molar-refractivity contribution in [2.24, 2.45) is 0 Å². The van der Waals surface area contributed by atoms with Crippen LogP contribution in [0.15, 0.2) is 55.0 Å². The molecular weight excluding hydrogens is 404 g/mol. The van der Waals surface area contributed by atoms with E-state index in [2.05, 4.69) is 40.0 Å². The molecule has 0 N–H and O–H groups in total. The molecule has 0 fully saturated rings. The van der Waals surface area contributed by atoms with E-state index in [1.807, 2.05) is 18.2 Å². The minimum Gasteiger partial charge on any atom is -0.494 e. The summed E-state index contributed by atoms with van der Waals surface area (Å²) in [5.74, 6) is 3.03. The Hall–Kier alpha value is -3.87. The Labute approximate surface area is 186 Å². The maximum atomic E-state index is 6.09. The number of hydrogen-bond donors (Lipinski definition) is 0. The Morgan fingerprint density at radius 3 is 2.69 bits per heavy atom. The monoisotopic (exact) mass is 428 g/mol. The SMILES string of the molecule is COc1cc(-c2cc(C)c3cccc(OC)c3n2)cc2c1OCCN(c1cnccn1)C2. The van der Waals surface area contributed by atoms with Gasteiger partial charge >= 0.3 is 0 Å². The van der Waals surface area contributed by atoms with Crippen molar-refractivity contribution in [1.82, 2.24) is 15.0 Å². The normalized spacial score (nSPS) is 13.3. The Morgan fingerprint density at radius 2 is 1.91 bits per heavy atom. The lowest BCUT2D eigenvalue weighted by molar-refractivity contribution is 0.305. The van der Waals surface area contributed by atoms with Crippen LogP contribution < -0.4 is 19.1 Å². The zero-order chi connectivity index (χ0) is 22.1. The maximum Gasteiger partial charge on any atom is 0.166 e. The van der Waals surface area contributed by atoms with Crippen LogP contribution in [0.1, 0.15) is 11.1 Å². The molecule has 1 aliphatic rings. The van der Waals surface area contributed by atoms with E-state index in [1.165, 1.54) is 0 Å². The van der Waals surface area contributed by atoms with E-state index in [4.69, 9.17) is 19.2 Å². The van der Waals surface area contributed by atoms with Crippen LogP contribution in [0.2, 0.25) is 0 Å². The van der Waals surface area contributed by atoms with Gasteiger partial charge in [-0.25, -0.2) is 9.97 Å². The topological polar surface area (TPSA) is 69.6 Å². The van der Waals surface area contributed by atoms with E-state index >= 15 is 0 Å². The van der Waals surface area contributed by atoms with Gasteiger partial charge in [0.1, 0.15) is 23.7 Å². The number of benzene rings is 2. The van der Waals surface area contributed by atoms with Gasteiger partial charge in [0.15, 0.2) is 11.5 Å². The number of rotatable bonds is 4. The van der Waals surface area contributed by atoms with Crippen molar-refractivity contribution in [3.8, 4) is 28.5 Å². The van der Waals surface area contributed by atoms with Crippen LogP contribution in [-0.2, 0) is 6.54 Å². The molecule has 0 saturated carbocycles. The largest absolute Gasteiger partial charge is 0.494 e. The molecule has 0 radical (unpaired) electrons. The summed E-state index contributed by atoms with van der Waals surface area (Å²) < 4.78 is 17.4. The van der Waals surface area contributed by atoms with Crippen LogP contribution >= 0.6 is 0 Å². The Kier molecular flexibility index (Phi) is 5.23. The number of ether oxygens (including phenoxy) is 3. The lowest BCUT2D eigenvalue weighted by Crippen LogP contribution is -2.26. The molecule has 0 atom stereocenters. The first-order chi connectivity index (χ1) is 15.7. The van der Waals surface area contributed by atoms with Gasteiger partial charge in [-0.05, 0) is 36.8 Å². The van der Waals surface area contributed by atoms with E-state index in [0.29, 0.717) is 25.4 Å². The fraction of sp³-hybridized carbons (Fsp3) is 0.240. The van der Waals surface area contributed by atoms with Crippen molar-refractivity contribution >= 4 is 16.7 Å². The smallest absolute Gasteiger partial charge is 0.166 e. The molecule has 1 aliphatic heterocycles. The highest BCUT2D eigenvalue weighted by molar-refractivity contribution is 5.89. The van der Waals surface area contributed by atoms with E-state index in [1.54, 1.807) is 32.8 Å². The minimum absolute atomic E-state index is 0.532. The summed E-state index contributed by atoms with van der Waals surface area (Å²) in [6, 6.07) is 12.2. The van der Waals surface area contributed by atoms with E-state index < -0.39 is 0 Å². The molecule has 162 valence electrons. The molecule has 0 bridgehead atoms. The zero-order valence-corrected chi connectivity index (χ0v) is 18.3. The first-order valence-corrected chi connectivity index (χ1v) is 10.5. The number of nitrogens with zero attached hydrogens (tertiary/aromatic N) is 4. The number of anilines is 1. The molecule has 0 unspecified atom stereocenters. The average molecular weight is 428 g/mol. The number of para-hydroxylation sites is 1. The third-order valence-electron chi connectivity index (χ3n) is 5.72. The van der Waals surface area contributed by atoms with Gasteiger partial charge in [0.25, 0.3) is 0 Å². The molecule has 0 amide bonds. The van der Waals surface area contributed by atoms with Crippen molar-refractivity contribution in [2.45, 2.75) is 13.5 Å². The molecule has 7 nitrogen and oxygen atoms in total. The summed E-state index contributed by atoms with van der Waals surface area (Å²) >= 11 is 0. The van der Waals surface area contributed by atoms with Crippen LogP contribution in [0, 0.1) is 6.92 Å². The molecule has 0 saturated heterocycles. The van der Waals surface area contributed by atoms with Crippen LogP contribution in [0.5, 0.6) is 17.2 Å². The fourth-order valence-corrected chi connectivity index (χ4v) is 4.14. The van der Waals surface area contributed by atoms with Gasteiger partial charge in [0.2, 0.25) is 0 Å². The van der Waals surface area contributed by atoms with Crippen molar-refractivity contribution in [3.63, 3.8) is 0 Å². The maximum absolute atomic E-state index is 6.09. The summed E-state index contributed by atoms with van der Waals surface area (Å²) in [7, 11) is 3.33. The number of aromatic nitrogens is 3. The first-order valence-electron chi connectivity index (χ1n) is 10.5. The molecular formula is C25H24N4O3. The van der Waals surface area contributed by atoms with E-state index in [-0.39, 0.29) is 0 Å². The third-order valence-corrected chi connectivity index (χ3v) is 5.72. The number of pyridine rings is 1. The number of fused-ring (bicyclic) bond motifs is 2. The predicted octanol–water partition coefficient (Wildman–Crippen LogP) is 4.42. The van der Waals surface area contributed by atoms with Gasteiger partial charge in [-0.3, -0.25) is 4.98 Å². The molecule has 5 rings (SSSR count). The summed E-state index contributed by atoms with van der Waals surface area (Å²) in [6.45, 7) is 3.96. The van der Waals surface area contributed by atoms with Gasteiger partial charge in [0.05, 0.1) is 32.7 Å². The predicted molar refractivity (Wildman–Crippen MR) is 124 cm³/mol. The van der Waals surface area contributed by atoms with Crippen LogP contribution in [0.4, 0.5) is 5.82 Å². The first kappa shape index (κ1) is 20.1. The second-order valence-corrected chi connectivity index (χ2v) is 7.68. The highest BCUT2D eigenvalue weighted by Gasteiger charge is 2.22. The van der Waals surface area contributed by atoms with Crippen molar-refractivity contribution in [1.29, 1.82) is 0 Å². The molecule has 0 spiro atoms. The number of hydrogen-bond acceptors (Lipinski definition) is 7. The Morgan fingerprint density at radius 1 is 1.03 bits per heavy atom. The van der Waals surface area contributed by atoms with Crippen molar-refractivity contribution in [3.05, 3.63) is 66.1 Å². The highest BCUT2D eigenvalue weighted by atomic mass is 16.5. The lowest BCUT2D eigenvalue weighted by atomic mass is 10.0. The molecule has 2 aromatic heterocycles. The highest BCUT2D eigenvalue weighted by Crippen LogP contribution is 2.39. The van der Waals surface area contributed by atoms with Crippen LogP contribution in [0.25, 0.3) is 22.2 Å². The van der Waals surface area contributed by atoms with Gasteiger partial charge in [0, 0.05) is 35.5 Å². The lowest BCUT2D eigenvalue weighted by Gasteiger charge is -2.20. The number of aryl methyl sites for hydroxylation is 1. The summed E-state index contributed by atoms with van der Waals surface area (Å²) in [5.41, 5.74) is 4.81. The molecule has 0 aliphatic carbocycles. The molecule has 3 heterocycles. The minimum atomic E-state index is 0.532. The van der Waals surface area contributed by atoms with Gasteiger partial charge in [-0.15, -0.1) is 0 Å². The average Bonchev–Trinajstić information content (AvgIpc) is 3.06. The quantitative estimate of drug-likeness (QED) is 0.477. The van der Waals surface area contributed by atoms with Crippen LogP contribution in [-0.4, -0.2) is 42.3 Å². The second-order valence-electron chi connectivity index (χ2n) is 7.68. The van der Waals surface area contributed by atoms with E-state index in [9.17, 15) is 0 Å². The van der Waals surface area contributed by atoms with Crippen LogP contribution in [0.3, 0.4) is 0 Å². The standard InChI is InChI=1S/C25H24N4O3/c1-16-11-20(28-24-19(16)5-4-6-21(24)30-2)17-12-18-15-29(23-14-26-7-8-27-23)9-10-32-25(18)22(13-17)31-3/h4-8,11-14H,9-10,15H2,1-3H3. The molecule has 7 heteroatoms. The third kappa shape index (κ3) is 3.56. The number of methoxy groups -OCH3 is 2. The van der Waals surface area contributed by atoms with Crippen molar-refractivity contribution < 1.29 is 14.2 Å². The summed E-state index contributed by atoms with van der Waals surface area (Å²) in [6.07, 6.45) is 5.15. The zero-order valence-electron chi connectivity index (χ0n) is 18.3. The molecule has 4 aromatic rings. The Balaban J connectivity index is 1.63. The summed E-state index contributed by atoms with van der Waals surface area (Å²) in [4.78, 5) is 15.8.